The average molecular weight is 341 g/mol. The second kappa shape index (κ2) is 7.70. The van der Waals surface area contributed by atoms with Crippen LogP contribution in [0.25, 0.3) is 5.69 Å². The number of para-hydroxylation sites is 1. The third-order valence-electron chi connectivity index (χ3n) is 4.63. The van der Waals surface area contributed by atoms with Crippen LogP contribution in [0.1, 0.15) is 30.3 Å². The lowest BCUT2D eigenvalue weighted by Crippen LogP contribution is -2.40. The maximum atomic E-state index is 9.78. The number of nitrogens with one attached hydrogen (secondary N) is 1. The Morgan fingerprint density at radius 1 is 1.32 bits per heavy atom. The van der Waals surface area contributed by atoms with Gasteiger partial charge in [0.05, 0.1) is 24.0 Å². The van der Waals surface area contributed by atoms with E-state index in [9.17, 15) is 5.11 Å². The summed E-state index contributed by atoms with van der Waals surface area (Å²) in [5, 5.41) is 17.8. The normalized spacial score (nSPS) is 18.0. The van der Waals surface area contributed by atoms with Gasteiger partial charge in [-0.25, -0.2) is 9.67 Å². The molecule has 0 spiro atoms. The van der Waals surface area contributed by atoms with Crippen molar-refractivity contribution in [3.8, 4) is 5.69 Å². The first kappa shape index (κ1) is 17.5. The smallest absolute Gasteiger partial charge is 0.194 e. The first-order valence-corrected chi connectivity index (χ1v) is 8.92. The Labute approximate surface area is 149 Å². The SMILES string of the molecule is CCNC(=NCc1c(C)nn(-c2ccccc2)c1C)N1CC[C@@H](O)C1. The van der Waals surface area contributed by atoms with Gasteiger partial charge in [-0.3, -0.25) is 0 Å². The van der Waals surface area contributed by atoms with Gasteiger partial charge in [0.2, 0.25) is 0 Å². The minimum atomic E-state index is -0.256. The number of benzene rings is 1. The highest BCUT2D eigenvalue weighted by Crippen LogP contribution is 2.19. The van der Waals surface area contributed by atoms with Crippen molar-refractivity contribution in [2.75, 3.05) is 19.6 Å². The van der Waals surface area contributed by atoms with E-state index in [0.29, 0.717) is 13.1 Å². The summed E-state index contributed by atoms with van der Waals surface area (Å²) in [5.41, 5.74) is 4.33. The second-order valence-corrected chi connectivity index (χ2v) is 6.46. The molecular formula is C19H27N5O. The van der Waals surface area contributed by atoms with Crippen molar-refractivity contribution in [1.29, 1.82) is 0 Å². The molecule has 3 rings (SSSR count). The summed E-state index contributed by atoms with van der Waals surface area (Å²) in [7, 11) is 0. The Balaban J connectivity index is 1.83. The van der Waals surface area contributed by atoms with Crippen LogP contribution in [0.5, 0.6) is 0 Å². The molecule has 0 unspecified atom stereocenters. The third-order valence-corrected chi connectivity index (χ3v) is 4.63. The Morgan fingerprint density at radius 3 is 2.72 bits per heavy atom. The van der Waals surface area contributed by atoms with Gasteiger partial charge >= 0.3 is 0 Å². The lowest BCUT2D eigenvalue weighted by Gasteiger charge is -2.21. The predicted octanol–water partition coefficient (Wildman–Crippen LogP) is 2.02. The molecule has 0 bridgehead atoms. The molecule has 0 aliphatic carbocycles. The summed E-state index contributed by atoms with van der Waals surface area (Å²) in [6.45, 7) is 9.06. The molecule has 1 aromatic heterocycles. The second-order valence-electron chi connectivity index (χ2n) is 6.46. The minimum absolute atomic E-state index is 0.256. The number of aryl methyl sites for hydroxylation is 1. The summed E-state index contributed by atoms with van der Waals surface area (Å²) < 4.78 is 1.98. The van der Waals surface area contributed by atoms with Crippen LogP contribution in [0, 0.1) is 13.8 Å². The van der Waals surface area contributed by atoms with Crippen molar-refractivity contribution < 1.29 is 5.11 Å². The van der Waals surface area contributed by atoms with Crippen LogP contribution in [-0.2, 0) is 6.54 Å². The van der Waals surface area contributed by atoms with Crippen molar-refractivity contribution in [2.24, 2.45) is 4.99 Å². The number of aromatic nitrogens is 2. The van der Waals surface area contributed by atoms with Gasteiger partial charge in [-0.15, -0.1) is 0 Å². The van der Waals surface area contributed by atoms with E-state index in [-0.39, 0.29) is 6.10 Å². The van der Waals surface area contributed by atoms with Crippen LogP contribution in [0.4, 0.5) is 0 Å². The highest BCUT2D eigenvalue weighted by Gasteiger charge is 2.23. The molecule has 1 fully saturated rings. The highest BCUT2D eigenvalue weighted by atomic mass is 16.3. The van der Waals surface area contributed by atoms with E-state index in [1.54, 1.807) is 0 Å². The molecule has 25 heavy (non-hydrogen) atoms. The first-order valence-electron chi connectivity index (χ1n) is 8.92. The number of hydrogen-bond acceptors (Lipinski definition) is 3. The molecule has 1 saturated heterocycles. The molecule has 1 aromatic carbocycles. The van der Waals surface area contributed by atoms with E-state index in [1.165, 1.54) is 0 Å². The molecule has 1 atom stereocenters. The molecule has 2 heterocycles. The maximum absolute atomic E-state index is 9.78. The topological polar surface area (TPSA) is 65.7 Å². The Morgan fingerprint density at radius 2 is 2.08 bits per heavy atom. The molecule has 1 aliphatic rings. The van der Waals surface area contributed by atoms with E-state index < -0.39 is 0 Å². The molecule has 6 heteroatoms. The fraction of sp³-hybridized carbons (Fsp3) is 0.474. The van der Waals surface area contributed by atoms with Gasteiger partial charge < -0.3 is 15.3 Å². The zero-order valence-corrected chi connectivity index (χ0v) is 15.2. The highest BCUT2D eigenvalue weighted by molar-refractivity contribution is 5.80. The first-order chi connectivity index (χ1) is 12.1. The average Bonchev–Trinajstić information content (AvgIpc) is 3.16. The minimum Gasteiger partial charge on any atom is -0.391 e. The standard InChI is InChI=1S/C19H27N5O/c1-4-20-19(23-11-10-17(25)13-23)21-12-18-14(2)22-24(15(18)3)16-8-6-5-7-9-16/h5-9,17,25H,4,10-13H2,1-3H3,(H,20,21)/t17-/m1/s1. The number of rotatable bonds is 4. The Hall–Kier alpha value is -2.34. The van der Waals surface area contributed by atoms with Crippen LogP contribution >= 0.6 is 0 Å². The van der Waals surface area contributed by atoms with E-state index in [1.807, 2.05) is 29.8 Å². The summed E-state index contributed by atoms with van der Waals surface area (Å²) >= 11 is 0. The third kappa shape index (κ3) is 3.85. The summed E-state index contributed by atoms with van der Waals surface area (Å²) in [4.78, 5) is 6.92. The summed E-state index contributed by atoms with van der Waals surface area (Å²) in [5.74, 6) is 0.866. The van der Waals surface area contributed by atoms with Crippen LogP contribution < -0.4 is 5.32 Å². The number of hydrogen-bond donors (Lipinski definition) is 2. The lowest BCUT2D eigenvalue weighted by molar-refractivity contribution is 0.188. The van der Waals surface area contributed by atoms with Crippen molar-refractivity contribution >= 4 is 5.96 Å². The van der Waals surface area contributed by atoms with Crippen LogP contribution in [-0.4, -0.2) is 51.5 Å². The van der Waals surface area contributed by atoms with Crippen molar-refractivity contribution in [3.63, 3.8) is 0 Å². The number of guanidine groups is 1. The Kier molecular flexibility index (Phi) is 5.38. The van der Waals surface area contributed by atoms with Crippen molar-refractivity contribution in [3.05, 3.63) is 47.3 Å². The summed E-state index contributed by atoms with van der Waals surface area (Å²) in [6, 6.07) is 10.2. The van der Waals surface area contributed by atoms with E-state index in [0.717, 1.165) is 48.1 Å². The molecule has 1 aliphatic heterocycles. The quantitative estimate of drug-likeness (QED) is 0.660. The zero-order valence-electron chi connectivity index (χ0n) is 15.2. The van der Waals surface area contributed by atoms with Crippen LogP contribution in [0.2, 0.25) is 0 Å². The monoisotopic (exact) mass is 341 g/mol. The molecule has 0 saturated carbocycles. The fourth-order valence-corrected chi connectivity index (χ4v) is 3.24. The van der Waals surface area contributed by atoms with Gasteiger partial charge in [-0.1, -0.05) is 18.2 Å². The molecular weight excluding hydrogens is 314 g/mol. The fourth-order valence-electron chi connectivity index (χ4n) is 3.24. The van der Waals surface area contributed by atoms with E-state index in [4.69, 9.17) is 4.99 Å². The van der Waals surface area contributed by atoms with E-state index in [2.05, 4.69) is 41.3 Å². The number of aliphatic hydroxyl groups excluding tert-OH is 1. The van der Waals surface area contributed by atoms with Crippen molar-refractivity contribution in [2.45, 2.75) is 39.8 Å². The van der Waals surface area contributed by atoms with Gasteiger partial charge in [0, 0.05) is 30.9 Å². The molecule has 0 radical (unpaired) electrons. The lowest BCUT2D eigenvalue weighted by atomic mass is 10.2. The molecule has 6 nitrogen and oxygen atoms in total. The van der Waals surface area contributed by atoms with Crippen LogP contribution in [0.15, 0.2) is 35.3 Å². The number of β-amino-alcohol motifs (C(OH)–C–C–N with tert-alkyl or cyclic N) is 1. The van der Waals surface area contributed by atoms with E-state index >= 15 is 0 Å². The van der Waals surface area contributed by atoms with Gasteiger partial charge in [0.1, 0.15) is 0 Å². The zero-order chi connectivity index (χ0) is 17.8. The van der Waals surface area contributed by atoms with Gasteiger partial charge in [-0.2, -0.15) is 5.10 Å². The number of aliphatic imine (C=N–C) groups is 1. The molecule has 2 N–H and O–H groups in total. The number of likely N-dealkylation sites (tertiary alicyclic amines) is 1. The molecule has 2 aromatic rings. The van der Waals surface area contributed by atoms with Crippen molar-refractivity contribution in [1.82, 2.24) is 20.0 Å². The molecule has 0 amide bonds. The molecule has 134 valence electrons. The predicted molar refractivity (Wildman–Crippen MR) is 100 cm³/mol. The number of aliphatic hydroxyl groups is 1. The summed E-state index contributed by atoms with van der Waals surface area (Å²) in [6.07, 6.45) is 0.544. The van der Waals surface area contributed by atoms with Gasteiger partial charge in [0.25, 0.3) is 0 Å². The largest absolute Gasteiger partial charge is 0.391 e. The van der Waals surface area contributed by atoms with Crippen LogP contribution in [0.3, 0.4) is 0 Å². The number of nitrogens with zero attached hydrogens (tertiary/aromatic N) is 4. The maximum Gasteiger partial charge on any atom is 0.194 e. The van der Waals surface area contributed by atoms with Gasteiger partial charge in [-0.05, 0) is 39.3 Å². The Bertz CT molecular complexity index is 738. The van der Waals surface area contributed by atoms with Gasteiger partial charge in [0.15, 0.2) is 5.96 Å².